The average molecular weight is 345 g/mol. The summed E-state index contributed by atoms with van der Waals surface area (Å²) in [6.07, 6.45) is 0. The molecule has 0 saturated carbocycles. The molecule has 0 radical (unpaired) electrons. The van der Waals surface area contributed by atoms with Crippen LogP contribution in [0.4, 0.5) is 0 Å². The molecule has 0 unspecified atom stereocenters. The van der Waals surface area contributed by atoms with Gasteiger partial charge in [0.2, 0.25) is 0 Å². The third-order valence-corrected chi connectivity index (χ3v) is 3.85. The van der Waals surface area contributed by atoms with Crippen molar-refractivity contribution < 1.29 is 9.53 Å². The summed E-state index contributed by atoms with van der Waals surface area (Å²) in [6, 6.07) is 19.0. The maximum atomic E-state index is 12.4. The van der Waals surface area contributed by atoms with Gasteiger partial charge in [-0.2, -0.15) is 5.10 Å². The Hall–Kier alpha value is -3.52. The van der Waals surface area contributed by atoms with Crippen LogP contribution in [-0.2, 0) is 7.05 Å². The third kappa shape index (κ3) is 3.93. The van der Waals surface area contributed by atoms with Crippen molar-refractivity contribution in [2.45, 2.75) is 0 Å². The van der Waals surface area contributed by atoms with Gasteiger partial charge in [-0.25, -0.2) is 0 Å². The van der Waals surface area contributed by atoms with E-state index in [0.717, 1.165) is 16.8 Å². The Morgan fingerprint density at radius 3 is 2.65 bits per heavy atom. The van der Waals surface area contributed by atoms with Gasteiger partial charge in [-0.3, -0.25) is 9.48 Å². The molecule has 1 N–H and O–H groups in total. The minimum absolute atomic E-state index is 0.212. The Kier molecular flexibility index (Phi) is 5.35. The van der Waals surface area contributed by atoms with Gasteiger partial charge in [-0.15, -0.1) is 0 Å². The SMILES string of the molecule is COc1ccccc1C#CCNC(=O)c1cc(-c2ccccc2)nn1C. The highest BCUT2D eigenvalue weighted by atomic mass is 16.5. The van der Waals surface area contributed by atoms with Gasteiger partial charge in [0.1, 0.15) is 11.4 Å². The molecule has 0 bridgehead atoms. The Labute approximate surface area is 152 Å². The molecule has 0 spiro atoms. The summed E-state index contributed by atoms with van der Waals surface area (Å²) < 4.78 is 6.83. The first-order valence-corrected chi connectivity index (χ1v) is 8.18. The highest BCUT2D eigenvalue weighted by molar-refractivity contribution is 5.93. The zero-order valence-electron chi connectivity index (χ0n) is 14.7. The molecule has 3 aromatic rings. The van der Waals surface area contributed by atoms with E-state index in [1.165, 1.54) is 0 Å². The van der Waals surface area contributed by atoms with Crippen LogP contribution in [-0.4, -0.2) is 29.3 Å². The topological polar surface area (TPSA) is 56.1 Å². The second-order valence-corrected chi connectivity index (χ2v) is 5.59. The molecule has 0 aliphatic heterocycles. The molecule has 5 nitrogen and oxygen atoms in total. The molecule has 1 aromatic heterocycles. The molecule has 0 aliphatic carbocycles. The lowest BCUT2D eigenvalue weighted by Crippen LogP contribution is -2.25. The van der Waals surface area contributed by atoms with Gasteiger partial charge in [0.15, 0.2) is 0 Å². The molecule has 1 amide bonds. The van der Waals surface area contributed by atoms with Crippen LogP contribution in [0.3, 0.4) is 0 Å². The normalized spacial score (nSPS) is 9.92. The average Bonchev–Trinajstić information content (AvgIpc) is 3.08. The zero-order chi connectivity index (χ0) is 18.4. The van der Waals surface area contributed by atoms with Crippen molar-refractivity contribution in [3.05, 3.63) is 71.9 Å². The first-order valence-electron chi connectivity index (χ1n) is 8.18. The summed E-state index contributed by atoms with van der Waals surface area (Å²) in [6.45, 7) is 0.239. The van der Waals surface area contributed by atoms with Gasteiger partial charge < -0.3 is 10.1 Å². The standard InChI is InChI=1S/C21H19N3O2/c1-24-19(15-18(23-24)16-9-4-3-5-10-16)21(25)22-14-8-12-17-11-6-7-13-20(17)26-2/h3-7,9-11,13,15H,14H2,1-2H3,(H,22,25). The van der Waals surface area contributed by atoms with Crippen LogP contribution in [0.25, 0.3) is 11.3 Å². The van der Waals surface area contributed by atoms with Crippen molar-refractivity contribution in [1.29, 1.82) is 0 Å². The van der Waals surface area contributed by atoms with Crippen LogP contribution in [0.1, 0.15) is 16.1 Å². The first kappa shape index (κ1) is 17.3. The van der Waals surface area contributed by atoms with Crippen LogP contribution in [0.2, 0.25) is 0 Å². The van der Waals surface area contributed by atoms with Crippen LogP contribution < -0.4 is 10.1 Å². The minimum Gasteiger partial charge on any atom is -0.495 e. The van der Waals surface area contributed by atoms with E-state index in [-0.39, 0.29) is 12.5 Å². The Bertz CT molecular complexity index is 966. The van der Waals surface area contributed by atoms with E-state index in [1.807, 2.05) is 54.6 Å². The van der Waals surface area contributed by atoms with E-state index in [2.05, 4.69) is 22.3 Å². The molecule has 1 heterocycles. The van der Waals surface area contributed by atoms with Crippen molar-refractivity contribution >= 4 is 5.91 Å². The number of hydrogen-bond donors (Lipinski definition) is 1. The molecule has 0 atom stereocenters. The maximum absolute atomic E-state index is 12.4. The van der Waals surface area contributed by atoms with Gasteiger partial charge in [-0.05, 0) is 18.2 Å². The Morgan fingerprint density at radius 1 is 1.15 bits per heavy atom. The summed E-state index contributed by atoms with van der Waals surface area (Å²) in [5.74, 6) is 6.45. The molecule has 0 aliphatic rings. The van der Waals surface area contributed by atoms with E-state index < -0.39 is 0 Å². The number of benzene rings is 2. The summed E-state index contributed by atoms with van der Waals surface area (Å²) in [4.78, 5) is 12.4. The number of para-hydroxylation sites is 1. The molecular weight excluding hydrogens is 326 g/mol. The number of rotatable bonds is 4. The smallest absolute Gasteiger partial charge is 0.270 e. The van der Waals surface area contributed by atoms with Gasteiger partial charge >= 0.3 is 0 Å². The third-order valence-electron chi connectivity index (χ3n) is 3.85. The van der Waals surface area contributed by atoms with E-state index in [4.69, 9.17) is 4.74 Å². The predicted octanol–water partition coefficient (Wildman–Crippen LogP) is 2.88. The monoisotopic (exact) mass is 345 g/mol. The minimum atomic E-state index is -0.212. The van der Waals surface area contributed by atoms with Crippen molar-refractivity contribution in [2.24, 2.45) is 7.05 Å². The van der Waals surface area contributed by atoms with E-state index in [0.29, 0.717) is 11.4 Å². The highest BCUT2D eigenvalue weighted by Gasteiger charge is 2.13. The molecule has 26 heavy (non-hydrogen) atoms. The van der Waals surface area contributed by atoms with Gasteiger partial charge in [-0.1, -0.05) is 54.3 Å². The second kappa shape index (κ2) is 8.04. The first-order chi connectivity index (χ1) is 12.7. The maximum Gasteiger partial charge on any atom is 0.270 e. The number of carbonyl (C=O) groups excluding carboxylic acids is 1. The number of nitrogens with zero attached hydrogens (tertiary/aromatic N) is 2. The lowest BCUT2D eigenvalue weighted by Gasteiger charge is -2.02. The number of amides is 1. The Balaban J connectivity index is 1.66. The summed E-state index contributed by atoms with van der Waals surface area (Å²) in [5, 5.41) is 7.20. The molecule has 0 saturated heterocycles. The van der Waals surface area contributed by atoms with E-state index in [1.54, 1.807) is 24.9 Å². The van der Waals surface area contributed by atoms with Crippen LogP contribution in [0, 0.1) is 11.8 Å². The molecule has 3 rings (SSSR count). The van der Waals surface area contributed by atoms with Gasteiger partial charge in [0.05, 0.1) is 24.9 Å². The van der Waals surface area contributed by atoms with Crippen LogP contribution in [0.15, 0.2) is 60.7 Å². The largest absolute Gasteiger partial charge is 0.495 e. The zero-order valence-corrected chi connectivity index (χ0v) is 14.7. The van der Waals surface area contributed by atoms with Gasteiger partial charge in [0, 0.05) is 12.6 Å². The second-order valence-electron chi connectivity index (χ2n) is 5.59. The highest BCUT2D eigenvalue weighted by Crippen LogP contribution is 2.18. The predicted molar refractivity (Wildman–Crippen MR) is 101 cm³/mol. The molecule has 5 heteroatoms. The summed E-state index contributed by atoms with van der Waals surface area (Å²) in [7, 11) is 3.36. The number of aryl methyl sites for hydroxylation is 1. The molecule has 130 valence electrons. The van der Waals surface area contributed by atoms with Gasteiger partial charge in [0.25, 0.3) is 5.91 Å². The van der Waals surface area contributed by atoms with Crippen LogP contribution >= 0.6 is 0 Å². The number of carbonyl (C=O) groups is 1. The van der Waals surface area contributed by atoms with Crippen molar-refractivity contribution in [2.75, 3.05) is 13.7 Å². The lowest BCUT2D eigenvalue weighted by molar-refractivity contribution is 0.0949. The Morgan fingerprint density at radius 2 is 1.88 bits per heavy atom. The quantitative estimate of drug-likeness (QED) is 0.740. The lowest BCUT2D eigenvalue weighted by atomic mass is 10.1. The summed E-state index contributed by atoms with van der Waals surface area (Å²) >= 11 is 0. The fourth-order valence-electron chi connectivity index (χ4n) is 2.53. The van der Waals surface area contributed by atoms with Crippen molar-refractivity contribution in [3.8, 4) is 28.8 Å². The summed E-state index contributed by atoms with van der Waals surface area (Å²) in [5.41, 5.74) is 3.01. The van der Waals surface area contributed by atoms with Crippen molar-refractivity contribution in [1.82, 2.24) is 15.1 Å². The number of ether oxygens (including phenoxy) is 1. The van der Waals surface area contributed by atoms with Crippen molar-refractivity contribution in [3.63, 3.8) is 0 Å². The molecular formula is C21H19N3O2. The number of methoxy groups -OCH3 is 1. The fourth-order valence-corrected chi connectivity index (χ4v) is 2.53. The number of hydrogen-bond acceptors (Lipinski definition) is 3. The molecule has 2 aromatic carbocycles. The number of nitrogens with one attached hydrogen (secondary N) is 1. The molecule has 0 fully saturated rings. The van der Waals surface area contributed by atoms with E-state index >= 15 is 0 Å². The fraction of sp³-hybridized carbons (Fsp3) is 0.143. The van der Waals surface area contributed by atoms with Crippen LogP contribution in [0.5, 0.6) is 5.75 Å². The number of aromatic nitrogens is 2. The van der Waals surface area contributed by atoms with E-state index in [9.17, 15) is 4.79 Å².